The fourth-order valence-corrected chi connectivity index (χ4v) is 0.914. The normalized spacial score (nSPS) is 11.1. The number of nitrogens with zero attached hydrogens (tertiary/aromatic N) is 1. The molecule has 0 saturated carbocycles. The molecule has 0 spiro atoms. The van der Waals surface area contributed by atoms with Gasteiger partial charge in [-0.15, -0.1) is 0 Å². The van der Waals surface area contributed by atoms with Gasteiger partial charge in [-0.1, -0.05) is 30.3 Å². The lowest BCUT2D eigenvalue weighted by molar-refractivity contribution is 0.151. The fourth-order valence-electron chi connectivity index (χ4n) is 0.914. The van der Waals surface area contributed by atoms with Crippen LogP contribution in [0.3, 0.4) is 0 Å². The summed E-state index contributed by atoms with van der Waals surface area (Å²) < 4.78 is 4.84. The highest BCUT2D eigenvalue weighted by Gasteiger charge is 2.01. The molecule has 1 rings (SSSR count). The number of amides is 1. The molecule has 0 fully saturated rings. The smallest absolute Gasteiger partial charge is 0.435 e. The highest BCUT2D eigenvalue weighted by atomic mass is 16.5. The molecule has 5 heteroatoms. The monoisotopic (exact) mass is 207 g/mol. The number of benzene rings is 1. The maximum Gasteiger partial charge on any atom is 0.435 e. The fraction of sp³-hybridized carbons (Fsp3) is 0.200. The predicted octanol–water partition coefficient (Wildman–Crippen LogP) is 0.639. The third-order valence-corrected chi connectivity index (χ3v) is 1.65. The van der Waals surface area contributed by atoms with Crippen LogP contribution in [0.5, 0.6) is 0 Å². The quantitative estimate of drug-likeness (QED) is 0.562. The van der Waals surface area contributed by atoms with Gasteiger partial charge >= 0.3 is 6.09 Å². The van der Waals surface area contributed by atoms with Gasteiger partial charge in [0.15, 0.2) is 0 Å². The van der Waals surface area contributed by atoms with E-state index in [2.05, 4.69) is 4.99 Å². The summed E-state index contributed by atoms with van der Waals surface area (Å²) in [4.78, 5) is 14.5. The largest absolute Gasteiger partial charge is 0.443 e. The van der Waals surface area contributed by atoms with Gasteiger partial charge in [-0.05, 0) is 5.56 Å². The molecule has 0 bridgehead atoms. The second kappa shape index (κ2) is 5.77. The van der Waals surface area contributed by atoms with Crippen molar-refractivity contribution in [2.24, 2.45) is 16.5 Å². The van der Waals surface area contributed by atoms with Crippen LogP contribution in [-0.2, 0) is 11.3 Å². The molecular formula is C10H13N3O2. The van der Waals surface area contributed by atoms with Crippen LogP contribution in [0.15, 0.2) is 35.3 Å². The molecule has 0 heterocycles. The zero-order valence-electron chi connectivity index (χ0n) is 8.22. The molecule has 1 aromatic carbocycles. The number of nitrogens with two attached hydrogens (primary N) is 2. The number of carbonyl (C=O) groups excluding carboxylic acids is 1. The number of carbonyl (C=O) groups is 1. The van der Waals surface area contributed by atoms with E-state index in [1.54, 1.807) is 0 Å². The Kier molecular flexibility index (Phi) is 4.30. The van der Waals surface area contributed by atoms with Gasteiger partial charge in [-0.3, -0.25) is 0 Å². The van der Waals surface area contributed by atoms with E-state index in [-0.39, 0.29) is 19.0 Å². The summed E-state index contributed by atoms with van der Waals surface area (Å²) >= 11 is 0. The Morgan fingerprint density at radius 1 is 1.33 bits per heavy atom. The van der Waals surface area contributed by atoms with Crippen LogP contribution in [0.2, 0.25) is 0 Å². The van der Waals surface area contributed by atoms with Gasteiger partial charge in [0.2, 0.25) is 0 Å². The number of ether oxygens (including phenoxy) is 1. The molecular weight excluding hydrogens is 194 g/mol. The number of rotatable bonds is 3. The van der Waals surface area contributed by atoms with Gasteiger partial charge in [0.05, 0.1) is 6.54 Å². The molecule has 4 N–H and O–H groups in total. The lowest BCUT2D eigenvalue weighted by Crippen LogP contribution is -2.24. The van der Waals surface area contributed by atoms with E-state index in [9.17, 15) is 4.79 Å². The topological polar surface area (TPSA) is 90.7 Å². The van der Waals surface area contributed by atoms with Crippen molar-refractivity contribution in [3.63, 3.8) is 0 Å². The highest BCUT2D eigenvalue weighted by Crippen LogP contribution is 2.01. The molecule has 0 aromatic heterocycles. The summed E-state index contributed by atoms with van der Waals surface area (Å²) in [6, 6.07) is 9.31. The molecule has 0 aliphatic carbocycles. The van der Waals surface area contributed by atoms with Crippen LogP contribution in [0.25, 0.3) is 0 Å². The van der Waals surface area contributed by atoms with E-state index < -0.39 is 6.09 Å². The molecule has 0 unspecified atom stereocenters. The molecule has 1 aromatic rings. The Labute approximate surface area is 87.7 Å². The molecule has 0 radical (unpaired) electrons. The van der Waals surface area contributed by atoms with Gasteiger partial charge in [0.1, 0.15) is 12.4 Å². The highest BCUT2D eigenvalue weighted by molar-refractivity contribution is 5.91. The lowest BCUT2D eigenvalue weighted by atomic mass is 10.2. The molecule has 0 atom stereocenters. The van der Waals surface area contributed by atoms with Crippen molar-refractivity contribution >= 4 is 11.9 Å². The molecule has 0 saturated heterocycles. The number of aliphatic imine (C=N–C) groups is 1. The SMILES string of the molecule is NCC(N)=NC(=O)OCc1ccccc1. The summed E-state index contributed by atoms with van der Waals surface area (Å²) in [5.41, 5.74) is 11.3. The van der Waals surface area contributed by atoms with E-state index in [4.69, 9.17) is 16.2 Å². The zero-order chi connectivity index (χ0) is 11.1. The van der Waals surface area contributed by atoms with Crippen LogP contribution in [0, 0.1) is 0 Å². The van der Waals surface area contributed by atoms with Crippen LogP contribution in [-0.4, -0.2) is 18.5 Å². The molecule has 15 heavy (non-hydrogen) atoms. The Balaban J connectivity index is 2.41. The summed E-state index contributed by atoms with van der Waals surface area (Å²) in [6.45, 7) is 0.224. The number of hydrogen-bond donors (Lipinski definition) is 2. The first-order valence-corrected chi connectivity index (χ1v) is 4.46. The number of hydrogen-bond acceptors (Lipinski definition) is 3. The Morgan fingerprint density at radius 2 is 2.00 bits per heavy atom. The lowest BCUT2D eigenvalue weighted by Gasteiger charge is -2.01. The molecule has 5 nitrogen and oxygen atoms in total. The Hall–Kier alpha value is -1.88. The van der Waals surface area contributed by atoms with Crippen molar-refractivity contribution in [2.45, 2.75) is 6.61 Å². The minimum atomic E-state index is -0.721. The van der Waals surface area contributed by atoms with Crippen LogP contribution in [0.1, 0.15) is 5.56 Å². The average molecular weight is 207 g/mol. The molecule has 0 aliphatic heterocycles. The van der Waals surface area contributed by atoms with E-state index in [0.717, 1.165) is 5.56 Å². The first kappa shape index (κ1) is 11.2. The van der Waals surface area contributed by atoms with Crippen LogP contribution < -0.4 is 11.5 Å². The summed E-state index contributed by atoms with van der Waals surface area (Å²) in [7, 11) is 0. The standard InChI is InChI=1S/C10H13N3O2/c11-6-9(12)13-10(14)15-7-8-4-2-1-3-5-8/h1-5H,6-7,11H2,(H2,12,13,14). The molecule has 80 valence electrons. The van der Waals surface area contributed by atoms with Crippen molar-refractivity contribution in [1.82, 2.24) is 0 Å². The summed E-state index contributed by atoms with van der Waals surface area (Å²) in [5, 5.41) is 0. The van der Waals surface area contributed by atoms with Crippen molar-refractivity contribution in [3.8, 4) is 0 Å². The van der Waals surface area contributed by atoms with Gasteiger partial charge in [0, 0.05) is 0 Å². The van der Waals surface area contributed by atoms with Gasteiger partial charge in [-0.2, -0.15) is 4.99 Å². The van der Waals surface area contributed by atoms with E-state index in [1.807, 2.05) is 30.3 Å². The second-order valence-electron chi connectivity index (χ2n) is 2.85. The second-order valence-corrected chi connectivity index (χ2v) is 2.85. The van der Waals surface area contributed by atoms with Crippen molar-refractivity contribution in [1.29, 1.82) is 0 Å². The van der Waals surface area contributed by atoms with Gasteiger partial charge in [0.25, 0.3) is 0 Å². The molecule has 1 amide bonds. The van der Waals surface area contributed by atoms with Crippen molar-refractivity contribution < 1.29 is 9.53 Å². The summed E-state index contributed by atoms with van der Waals surface area (Å²) in [5.74, 6) is 0.0630. The molecule has 0 aliphatic rings. The Bertz CT molecular complexity index is 349. The third kappa shape index (κ3) is 4.24. The van der Waals surface area contributed by atoms with Gasteiger partial charge < -0.3 is 16.2 Å². The minimum Gasteiger partial charge on any atom is -0.443 e. The number of amidine groups is 1. The van der Waals surface area contributed by atoms with Crippen LogP contribution >= 0.6 is 0 Å². The maximum absolute atomic E-state index is 11.0. The van der Waals surface area contributed by atoms with Crippen molar-refractivity contribution in [3.05, 3.63) is 35.9 Å². The maximum atomic E-state index is 11.0. The van der Waals surface area contributed by atoms with Crippen molar-refractivity contribution in [2.75, 3.05) is 6.54 Å². The van der Waals surface area contributed by atoms with E-state index in [1.165, 1.54) is 0 Å². The van der Waals surface area contributed by atoms with Crippen LogP contribution in [0.4, 0.5) is 4.79 Å². The summed E-state index contributed by atoms with van der Waals surface area (Å²) in [6.07, 6.45) is -0.721. The van der Waals surface area contributed by atoms with E-state index >= 15 is 0 Å². The Morgan fingerprint density at radius 3 is 2.60 bits per heavy atom. The first-order valence-electron chi connectivity index (χ1n) is 4.46. The van der Waals surface area contributed by atoms with E-state index in [0.29, 0.717) is 0 Å². The third-order valence-electron chi connectivity index (χ3n) is 1.65. The predicted molar refractivity (Wildman–Crippen MR) is 57.3 cm³/mol. The first-order chi connectivity index (χ1) is 7.22. The minimum absolute atomic E-state index is 0.0421. The zero-order valence-corrected chi connectivity index (χ0v) is 8.22. The van der Waals surface area contributed by atoms with Gasteiger partial charge in [-0.25, -0.2) is 4.79 Å². The average Bonchev–Trinajstić information content (AvgIpc) is 2.27.